The smallest absolute Gasteiger partial charge is 0.243 e. The average Bonchev–Trinajstić information content (AvgIpc) is 2.38. The number of halogens is 1. The van der Waals surface area contributed by atoms with Crippen molar-refractivity contribution in [3.05, 3.63) is 22.7 Å². The van der Waals surface area contributed by atoms with Crippen LogP contribution in [0.1, 0.15) is 6.92 Å². The lowest BCUT2D eigenvalue weighted by Gasteiger charge is -2.19. The van der Waals surface area contributed by atoms with Gasteiger partial charge in [0.1, 0.15) is 0 Å². The molecule has 19 heavy (non-hydrogen) atoms. The molecule has 3 N–H and O–H groups in total. The molecule has 0 spiro atoms. The number of carbonyl (C=O) groups excluding carboxylic acids is 1. The molecule has 8 heteroatoms. The number of nitrogens with one attached hydrogen (secondary N) is 1. The summed E-state index contributed by atoms with van der Waals surface area (Å²) in [5, 5.41) is 2.40. The molecule has 1 rings (SSSR count). The van der Waals surface area contributed by atoms with E-state index in [0.717, 1.165) is 4.31 Å². The van der Waals surface area contributed by atoms with Crippen molar-refractivity contribution in [3.63, 3.8) is 0 Å². The third kappa shape index (κ3) is 3.68. The zero-order valence-electron chi connectivity index (χ0n) is 10.7. The van der Waals surface area contributed by atoms with E-state index in [2.05, 4.69) is 21.2 Å². The van der Waals surface area contributed by atoms with Gasteiger partial charge in [-0.3, -0.25) is 4.79 Å². The number of rotatable bonds is 5. The van der Waals surface area contributed by atoms with Gasteiger partial charge < -0.3 is 11.1 Å². The predicted octanol–water partition coefficient (Wildman–Crippen LogP) is 0.788. The van der Waals surface area contributed by atoms with E-state index in [0.29, 0.717) is 10.2 Å². The number of amides is 1. The van der Waals surface area contributed by atoms with E-state index in [1.807, 2.05) is 0 Å². The lowest BCUT2D eigenvalue weighted by Crippen LogP contribution is -2.39. The van der Waals surface area contributed by atoms with Crippen LogP contribution >= 0.6 is 15.9 Å². The fourth-order valence-electron chi connectivity index (χ4n) is 1.42. The summed E-state index contributed by atoms with van der Waals surface area (Å²) in [4.78, 5) is 11.4. The normalized spacial score (nSPS) is 11.6. The molecule has 0 fully saturated rings. The van der Waals surface area contributed by atoms with Crippen LogP contribution < -0.4 is 11.1 Å². The molecule has 0 heterocycles. The Labute approximate surface area is 121 Å². The second-order valence-corrected chi connectivity index (χ2v) is 6.58. The Kier molecular flexibility index (Phi) is 5.33. The van der Waals surface area contributed by atoms with Crippen LogP contribution in [-0.2, 0) is 14.8 Å². The Morgan fingerprint density at radius 2 is 2.11 bits per heavy atom. The van der Waals surface area contributed by atoms with Crippen LogP contribution in [0.4, 0.5) is 5.69 Å². The van der Waals surface area contributed by atoms with Gasteiger partial charge in [-0.1, -0.05) is 6.92 Å². The molecular formula is C11H16BrN3O3S. The van der Waals surface area contributed by atoms with Gasteiger partial charge in [0.2, 0.25) is 15.9 Å². The van der Waals surface area contributed by atoms with Gasteiger partial charge in [0.15, 0.2) is 0 Å². The number of anilines is 1. The van der Waals surface area contributed by atoms with Gasteiger partial charge in [0.25, 0.3) is 0 Å². The van der Waals surface area contributed by atoms with E-state index in [1.165, 1.54) is 25.2 Å². The van der Waals surface area contributed by atoms with Crippen molar-refractivity contribution in [1.29, 1.82) is 0 Å². The standard InChI is InChI=1S/C11H16BrN3O3S/c1-3-15(7-11(16)14-2)19(17,18)8-4-5-10(13)9(12)6-8/h4-6H,3,7,13H2,1-2H3,(H,14,16). The third-order valence-electron chi connectivity index (χ3n) is 2.56. The van der Waals surface area contributed by atoms with Crippen LogP contribution in [-0.4, -0.2) is 38.8 Å². The SMILES string of the molecule is CCN(CC(=O)NC)S(=O)(=O)c1ccc(N)c(Br)c1. The van der Waals surface area contributed by atoms with E-state index in [1.54, 1.807) is 6.92 Å². The van der Waals surface area contributed by atoms with Crippen LogP contribution in [0.2, 0.25) is 0 Å². The largest absolute Gasteiger partial charge is 0.398 e. The van der Waals surface area contributed by atoms with Crippen molar-refractivity contribution in [1.82, 2.24) is 9.62 Å². The molecule has 0 aliphatic rings. The summed E-state index contributed by atoms with van der Waals surface area (Å²) in [6.45, 7) is 1.67. The molecule has 6 nitrogen and oxygen atoms in total. The number of benzene rings is 1. The summed E-state index contributed by atoms with van der Waals surface area (Å²) < 4.78 is 26.3. The molecular weight excluding hydrogens is 334 g/mol. The number of sulfonamides is 1. The quantitative estimate of drug-likeness (QED) is 0.768. The van der Waals surface area contributed by atoms with Gasteiger partial charge in [-0.15, -0.1) is 0 Å². The van der Waals surface area contributed by atoms with Crippen LogP contribution in [0.3, 0.4) is 0 Å². The van der Waals surface area contributed by atoms with Crippen LogP contribution in [0.15, 0.2) is 27.6 Å². The second kappa shape index (κ2) is 6.36. The Bertz CT molecular complexity index is 575. The fourth-order valence-corrected chi connectivity index (χ4v) is 3.39. The molecule has 0 aromatic heterocycles. The highest BCUT2D eigenvalue weighted by Crippen LogP contribution is 2.24. The molecule has 0 atom stereocenters. The third-order valence-corrected chi connectivity index (χ3v) is 5.16. The number of nitrogens with zero attached hydrogens (tertiary/aromatic N) is 1. The first kappa shape index (κ1) is 15.9. The van der Waals surface area contributed by atoms with E-state index in [4.69, 9.17) is 5.73 Å². The topological polar surface area (TPSA) is 92.5 Å². The zero-order valence-corrected chi connectivity index (χ0v) is 13.1. The van der Waals surface area contributed by atoms with Crippen LogP contribution in [0.5, 0.6) is 0 Å². The van der Waals surface area contributed by atoms with Gasteiger partial charge >= 0.3 is 0 Å². The van der Waals surface area contributed by atoms with E-state index < -0.39 is 10.0 Å². The molecule has 0 bridgehead atoms. The van der Waals surface area contributed by atoms with Crippen molar-refractivity contribution in [2.45, 2.75) is 11.8 Å². The Balaban J connectivity index is 3.13. The van der Waals surface area contributed by atoms with Crippen molar-refractivity contribution in [2.24, 2.45) is 0 Å². The van der Waals surface area contributed by atoms with Gasteiger partial charge in [0.05, 0.1) is 11.4 Å². The maximum Gasteiger partial charge on any atom is 0.243 e. The molecule has 1 aromatic carbocycles. The number of hydrogen-bond acceptors (Lipinski definition) is 4. The monoisotopic (exact) mass is 349 g/mol. The molecule has 1 amide bonds. The number of likely N-dealkylation sites (N-methyl/N-ethyl adjacent to an activating group) is 2. The minimum atomic E-state index is -3.71. The average molecular weight is 350 g/mol. The summed E-state index contributed by atoms with van der Waals surface area (Å²) in [5.74, 6) is -0.361. The van der Waals surface area contributed by atoms with Crippen molar-refractivity contribution in [3.8, 4) is 0 Å². The molecule has 0 radical (unpaired) electrons. The van der Waals surface area contributed by atoms with Crippen LogP contribution in [0.25, 0.3) is 0 Å². The van der Waals surface area contributed by atoms with E-state index >= 15 is 0 Å². The number of hydrogen-bond donors (Lipinski definition) is 2. The summed E-state index contributed by atoms with van der Waals surface area (Å²) >= 11 is 3.19. The first-order valence-corrected chi connectivity index (χ1v) is 7.82. The fraction of sp³-hybridized carbons (Fsp3) is 0.364. The van der Waals surface area contributed by atoms with Crippen molar-refractivity contribution >= 4 is 37.5 Å². The predicted molar refractivity (Wildman–Crippen MR) is 77.1 cm³/mol. The lowest BCUT2D eigenvalue weighted by atomic mass is 10.3. The molecule has 0 saturated carbocycles. The minimum absolute atomic E-state index is 0.0966. The highest BCUT2D eigenvalue weighted by atomic mass is 79.9. The van der Waals surface area contributed by atoms with Crippen LogP contribution in [0, 0.1) is 0 Å². The Hall–Kier alpha value is -1.12. The molecule has 0 saturated heterocycles. The minimum Gasteiger partial charge on any atom is -0.398 e. The second-order valence-electron chi connectivity index (χ2n) is 3.79. The van der Waals surface area contributed by atoms with E-state index in [-0.39, 0.29) is 23.9 Å². The molecule has 0 unspecified atom stereocenters. The summed E-state index contributed by atoms with van der Waals surface area (Å²) in [7, 11) is -2.25. The summed E-state index contributed by atoms with van der Waals surface area (Å²) in [6.07, 6.45) is 0. The van der Waals surface area contributed by atoms with Gasteiger partial charge in [0, 0.05) is 23.8 Å². The zero-order chi connectivity index (χ0) is 14.6. The molecule has 0 aliphatic heterocycles. The maximum atomic E-state index is 12.4. The summed E-state index contributed by atoms with van der Waals surface area (Å²) in [5.41, 5.74) is 6.08. The van der Waals surface area contributed by atoms with Gasteiger partial charge in [-0.25, -0.2) is 8.42 Å². The maximum absolute atomic E-state index is 12.4. The molecule has 1 aromatic rings. The summed E-state index contributed by atoms with van der Waals surface area (Å²) in [6, 6.07) is 4.35. The first-order valence-electron chi connectivity index (χ1n) is 5.58. The van der Waals surface area contributed by atoms with Gasteiger partial charge in [-0.05, 0) is 34.1 Å². The molecule has 106 valence electrons. The Morgan fingerprint density at radius 3 is 2.58 bits per heavy atom. The lowest BCUT2D eigenvalue weighted by molar-refractivity contribution is -0.120. The number of nitrogens with two attached hydrogens (primary N) is 1. The first-order chi connectivity index (χ1) is 8.82. The van der Waals surface area contributed by atoms with Gasteiger partial charge in [-0.2, -0.15) is 4.31 Å². The van der Waals surface area contributed by atoms with Crippen molar-refractivity contribution in [2.75, 3.05) is 25.9 Å². The number of nitrogen functional groups attached to an aromatic ring is 1. The highest BCUT2D eigenvalue weighted by molar-refractivity contribution is 9.10. The molecule has 0 aliphatic carbocycles. The Morgan fingerprint density at radius 1 is 1.47 bits per heavy atom. The van der Waals surface area contributed by atoms with E-state index in [9.17, 15) is 13.2 Å². The highest BCUT2D eigenvalue weighted by Gasteiger charge is 2.25. The number of carbonyl (C=O) groups is 1. The van der Waals surface area contributed by atoms with Crippen molar-refractivity contribution < 1.29 is 13.2 Å².